The number of ketones is 3. The molecule has 0 fully saturated rings. The molecule has 0 aliphatic heterocycles. The average molecular weight is 2420 g/mol. The van der Waals surface area contributed by atoms with Gasteiger partial charge in [-0.05, 0) is 139 Å². The standard InChI is InChI=1S/C20H13N2.C19H18N.2C15H10N.C14H9N2.3C5H8O2.5Ir/c1-3-9-15(10-4-1)19-20(16-11-5-2-6-12-16)22-18-14-8-7-13-17(18)21-19;1-19(2,3)16-10-8-15(9-11-16)18-17-7-5-4-6-14(17)12-13-20-18;1-2-7-13(8-3-1)15-14-9-5-4-6-12(14)10-11-16-15;1-2-6-12(7-3-1)15-11-10-13-8-4-5-9-14(13)16-15;1-2-6-11(7-3-1)14-10-15-12-8-4-5-9-13(12)16-14;3*1-4(6)3-5(2)7;;;;;/h1-11,13-14H;4-8,10-13H,1-3H3;1-7,9-11H;1-6,8-11H;1-6,8-10H;3*3,6H,1-2H3;;;;;/q5*-1;;;;;;;;. The number of benzene rings is 11. The van der Waals surface area contributed by atoms with E-state index in [2.05, 4.69) is 155 Å². The zero-order chi connectivity index (χ0) is 78.9. The fourth-order valence-electron chi connectivity index (χ4n) is 11.1. The van der Waals surface area contributed by atoms with Gasteiger partial charge in [0.15, 0.2) is 17.3 Å². The second kappa shape index (κ2) is 50.5. The van der Waals surface area contributed by atoms with Crippen LogP contribution in [0.4, 0.5) is 0 Å². The number of allylic oxidation sites excluding steroid dienone is 6. The Bertz CT molecular complexity index is 5540. The zero-order valence-corrected chi connectivity index (χ0v) is 77.0. The molecule has 0 bridgehead atoms. The van der Waals surface area contributed by atoms with Crippen molar-refractivity contribution in [3.8, 4) is 67.5 Å². The fourth-order valence-corrected chi connectivity index (χ4v) is 11.1. The third-order valence-corrected chi connectivity index (χ3v) is 16.1. The number of pyridine rings is 3. The Balaban J connectivity index is 0.000000286. The normalized spacial score (nSPS) is 10.5. The van der Waals surface area contributed by atoms with Crippen LogP contribution in [0.1, 0.15) is 67.9 Å². The summed E-state index contributed by atoms with van der Waals surface area (Å²) in [7, 11) is 0. The first-order valence-corrected chi connectivity index (χ1v) is 35.8. The van der Waals surface area contributed by atoms with Crippen molar-refractivity contribution >= 4 is 71.9 Å². The van der Waals surface area contributed by atoms with Crippen molar-refractivity contribution in [2.24, 2.45) is 0 Å². The van der Waals surface area contributed by atoms with Crippen LogP contribution in [0.2, 0.25) is 0 Å². The molecule has 0 unspecified atom stereocenters. The summed E-state index contributed by atoms with van der Waals surface area (Å²) < 4.78 is 0. The van der Waals surface area contributed by atoms with Crippen molar-refractivity contribution in [3.05, 3.63) is 381 Å². The number of aromatic nitrogens is 7. The third kappa shape index (κ3) is 31.1. The van der Waals surface area contributed by atoms with Gasteiger partial charge >= 0.3 is 0 Å². The molecule has 597 valence electrons. The van der Waals surface area contributed by atoms with Crippen LogP contribution in [0.5, 0.6) is 0 Å². The van der Waals surface area contributed by atoms with E-state index in [9.17, 15) is 14.4 Å². The smallest absolute Gasteiger partial charge is 0.155 e. The van der Waals surface area contributed by atoms with Crippen molar-refractivity contribution in [1.29, 1.82) is 0 Å². The number of para-hydroxylation sites is 5. The third-order valence-electron chi connectivity index (χ3n) is 16.1. The molecule has 13 nitrogen and oxygen atoms in total. The van der Waals surface area contributed by atoms with Gasteiger partial charge < -0.3 is 25.3 Å². The monoisotopic (exact) mass is 2420 g/mol. The van der Waals surface area contributed by atoms with Crippen LogP contribution in [-0.2, 0) is 120 Å². The van der Waals surface area contributed by atoms with E-state index in [1.807, 2.05) is 225 Å². The second-order valence-electron chi connectivity index (χ2n) is 26.2. The molecule has 0 aliphatic rings. The quantitative estimate of drug-likeness (QED) is 0.0700. The number of nitrogens with zero attached hydrogens (tertiary/aromatic N) is 7. The predicted molar refractivity (Wildman–Crippen MR) is 451 cm³/mol. The SMILES string of the molecule is CC(=O)C=C(C)O.CC(=O)C=C(C)O.CC(=O)C=C(C)O.CC(C)(C)c1c[c-]c(-c2nccc3ccccc23)cc1.[Ir].[Ir].[Ir].[Ir].[Ir].[c-]1ccccc1-c1ccc2ccccc2n1.[c-]1ccccc1-c1cnc2ccccc2n1.[c-]1ccccc1-c1nc2ccccc2nc1-c1ccccc1.[c-]1ccccc1-c1nccc2ccccc12. The summed E-state index contributed by atoms with van der Waals surface area (Å²) in [6, 6.07) is 113. The summed E-state index contributed by atoms with van der Waals surface area (Å²) in [6.07, 6.45) is 9.00. The summed E-state index contributed by atoms with van der Waals surface area (Å²) in [4.78, 5) is 62.2. The maximum Gasteiger partial charge on any atom is 0.155 e. The molecule has 5 aromatic heterocycles. The number of rotatable bonds is 9. The van der Waals surface area contributed by atoms with Gasteiger partial charge in [0.2, 0.25) is 0 Å². The van der Waals surface area contributed by atoms with E-state index in [-0.39, 0.29) is 141 Å². The van der Waals surface area contributed by atoms with Crippen molar-refractivity contribution in [2.45, 2.75) is 67.7 Å². The molecule has 5 radical (unpaired) electrons. The Hall–Kier alpha value is -10.8. The number of aliphatic hydroxyl groups excluding tert-OH is 3. The van der Waals surface area contributed by atoms with Crippen LogP contribution in [0.15, 0.2) is 345 Å². The topological polar surface area (TPSA) is 202 Å². The number of carbonyl (C=O) groups excluding carboxylic acids is 3. The van der Waals surface area contributed by atoms with E-state index in [1.54, 1.807) is 6.20 Å². The molecule has 0 atom stereocenters. The zero-order valence-electron chi connectivity index (χ0n) is 65.0. The molecule has 16 aromatic rings. The molecule has 0 saturated carbocycles. The molecule has 5 heterocycles. The van der Waals surface area contributed by atoms with Crippen molar-refractivity contribution in [2.75, 3.05) is 0 Å². The number of aliphatic hydroxyl groups is 3. The van der Waals surface area contributed by atoms with Crippen LogP contribution in [-0.4, -0.2) is 67.6 Å². The first-order chi connectivity index (χ1) is 53.7. The summed E-state index contributed by atoms with van der Waals surface area (Å²) in [5, 5.41) is 31.0. The van der Waals surface area contributed by atoms with E-state index < -0.39 is 0 Å². The largest absolute Gasteiger partial charge is 0.512 e. The van der Waals surface area contributed by atoms with Gasteiger partial charge in [-0.3, -0.25) is 39.3 Å². The number of hydrogen-bond acceptors (Lipinski definition) is 13. The van der Waals surface area contributed by atoms with Crippen LogP contribution in [0, 0.1) is 30.3 Å². The number of hydrogen-bond donors (Lipinski definition) is 3. The Morgan fingerprint density at radius 3 is 1.09 bits per heavy atom. The van der Waals surface area contributed by atoms with E-state index in [0.29, 0.717) is 0 Å². The van der Waals surface area contributed by atoms with E-state index in [1.165, 1.54) is 92.3 Å². The summed E-state index contributed by atoms with van der Waals surface area (Å²) >= 11 is 0. The molecule has 0 saturated heterocycles. The maximum absolute atomic E-state index is 10.0. The first-order valence-electron chi connectivity index (χ1n) is 35.8. The number of carbonyl (C=O) groups is 3. The molecular weight excluding hydrogens is 2330 g/mol. The van der Waals surface area contributed by atoms with Crippen LogP contribution in [0.25, 0.3) is 122 Å². The van der Waals surface area contributed by atoms with Gasteiger partial charge in [-0.1, -0.05) is 154 Å². The van der Waals surface area contributed by atoms with Crippen LogP contribution < -0.4 is 0 Å². The van der Waals surface area contributed by atoms with Gasteiger partial charge in [0, 0.05) is 149 Å². The Morgan fingerprint density at radius 1 is 0.310 bits per heavy atom. The Kier molecular flexibility index (Phi) is 42.5. The van der Waals surface area contributed by atoms with Crippen molar-refractivity contribution < 1.29 is 130 Å². The molecule has 0 spiro atoms. The number of fused-ring (bicyclic) bond motifs is 5. The first kappa shape index (κ1) is 97.6. The van der Waals surface area contributed by atoms with Crippen LogP contribution in [0.3, 0.4) is 0 Å². The Labute approximate surface area is 746 Å². The predicted octanol–water partition coefficient (Wildman–Crippen LogP) is 23.4. The molecule has 0 amide bonds. The van der Waals surface area contributed by atoms with Gasteiger partial charge in [0.05, 0.1) is 50.6 Å². The Morgan fingerprint density at radius 2 is 0.672 bits per heavy atom. The molecular formula is C98H84Ir5N7O6-5. The average Bonchev–Trinajstić information content (AvgIpc) is 0.801. The summed E-state index contributed by atoms with van der Waals surface area (Å²) in [6.45, 7) is 15.2. The molecule has 18 heteroatoms. The minimum absolute atomic E-state index is 0. The molecule has 11 aromatic carbocycles. The summed E-state index contributed by atoms with van der Waals surface area (Å²) in [5.74, 6) is -0.187. The van der Waals surface area contributed by atoms with Gasteiger partial charge in [0.25, 0.3) is 0 Å². The summed E-state index contributed by atoms with van der Waals surface area (Å²) in [5.41, 5.74) is 17.8. The van der Waals surface area contributed by atoms with E-state index in [0.717, 1.165) is 95.1 Å². The molecule has 0 aliphatic carbocycles. The van der Waals surface area contributed by atoms with Gasteiger partial charge in [-0.2, -0.15) is 0 Å². The van der Waals surface area contributed by atoms with Gasteiger partial charge in [-0.25, -0.2) is 0 Å². The van der Waals surface area contributed by atoms with Gasteiger partial charge in [-0.15, -0.1) is 179 Å². The van der Waals surface area contributed by atoms with E-state index >= 15 is 0 Å². The minimum atomic E-state index is -0.125. The van der Waals surface area contributed by atoms with E-state index in [4.69, 9.17) is 25.3 Å². The minimum Gasteiger partial charge on any atom is -0.512 e. The molecule has 3 N–H and O–H groups in total. The second-order valence-corrected chi connectivity index (χ2v) is 26.2. The maximum atomic E-state index is 10.0. The van der Waals surface area contributed by atoms with Crippen LogP contribution >= 0.6 is 0 Å². The van der Waals surface area contributed by atoms with Crippen molar-refractivity contribution in [3.63, 3.8) is 0 Å². The molecule has 116 heavy (non-hydrogen) atoms. The van der Waals surface area contributed by atoms with Gasteiger partial charge in [0.1, 0.15) is 0 Å². The fraction of sp³-hybridized carbons (Fsp3) is 0.102. The molecule has 16 rings (SSSR count). The van der Waals surface area contributed by atoms with Crippen molar-refractivity contribution in [1.82, 2.24) is 34.9 Å².